The Morgan fingerprint density at radius 3 is 2.55 bits per heavy atom. The third-order valence-electron chi connectivity index (χ3n) is 4.93. The van der Waals surface area contributed by atoms with Crippen molar-refractivity contribution in [2.24, 2.45) is 0 Å². The Morgan fingerprint density at radius 2 is 1.86 bits per heavy atom. The quantitative estimate of drug-likeness (QED) is 0.412. The lowest BCUT2D eigenvalue weighted by atomic mass is 10.2. The topological polar surface area (TPSA) is 98.4 Å². The average molecular weight is 409 g/mol. The summed E-state index contributed by atoms with van der Waals surface area (Å²) in [6.07, 6.45) is 2.33. The van der Waals surface area contributed by atoms with Gasteiger partial charge in [-0.15, -0.1) is 0 Å². The molecular weight excluding hydrogens is 388 g/mol. The summed E-state index contributed by atoms with van der Waals surface area (Å²) in [5.74, 6) is 0.0769. The van der Waals surface area contributed by atoms with E-state index in [1.54, 1.807) is 35.0 Å². The normalized spacial score (nSPS) is 11.9. The van der Waals surface area contributed by atoms with E-state index in [2.05, 4.69) is 4.98 Å². The van der Waals surface area contributed by atoms with Crippen molar-refractivity contribution in [3.63, 3.8) is 0 Å². The second kappa shape index (κ2) is 6.97. The molecule has 0 amide bonds. The van der Waals surface area contributed by atoms with Gasteiger partial charge in [-0.2, -0.15) is 0 Å². The maximum absolute atomic E-state index is 13.3. The van der Waals surface area contributed by atoms with Gasteiger partial charge in [0.1, 0.15) is 10.3 Å². The molecule has 0 unspecified atom stereocenters. The van der Waals surface area contributed by atoms with Crippen LogP contribution in [-0.4, -0.2) is 17.8 Å². The number of sulfone groups is 1. The number of hydrogen-bond donors (Lipinski definition) is 1. The van der Waals surface area contributed by atoms with Crippen molar-refractivity contribution in [1.29, 1.82) is 0 Å². The average Bonchev–Trinajstić information content (AvgIpc) is 2.71. The zero-order chi connectivity index (χ0) is 20.8. The van der Waals surface area contributed by atoms with E-state index < -0.39 is 9.84 Å². The van der Waals surface area contributed by atoms with Crippen molar-refractivity contribution < 1.29 is 13.0 Å². The molecule has 0 aliphatic rings. The van der Waals surface area contributed by atoms with E-state index in [4.69, 9.17) is 5.73 Å². The highest BCUT2D eigenvalue weighted by atomic mass is 32.2. The minimum Gasteiger partial charge on any atom is -0.317 e. The van der Waals surface area contributed by atoms with Gasteiger partial charge >= 0.3 is 0 Å². The molecule has 0 fully saturated rings. The van der Waals surface area contributed by atoms with Gasteiger partial charge in [-0.3, -0.25) is 9.20 Å². The first-order valence-electron chi connectivity index (χ1n) is 9.30. The minimum atomic E-state index is -3.90. The monoisotopic (exact) mass is 409 g/mol. The molecule has 29 heavy (non-hydrogen) atoms. The third kappa shape index (κ3) is 2.96. The number of nitrogens with zero attached hydrogens (tertiary/aromatic N) is 3. The van der Waals surface area contributed by atoms with Gasteiger partial charge in [0.15, 0.2) is 0 Å². The van der Waals surface area contributed by atoms with Crippen LogP contribution in [0.1, 0.15) is 18.9 Å². The van der Waals surface area contributed by atoms with E-state index >= 15 is 0 Å². The summed E-state index contributed by atoms with van der Waals surface area (Å²) < 4.78 is 29.6. The molecule has 0 aliphatic carbocycles. The summed E-state index contributed by atoms with van der Waals surface area (Å²) in [7, 11) is -3.90. The predicted octanol–water partition coefficient (Wildman–Crippen LogP) is 2.27. The Balaban J connectivity index is 2.16. The van der Waals surface area contributed by atoms with E-state index in [-0.39, 0.29) is 26.6 Å². The molecule has 3 heterocycles. The molecule has 0 saturated carbocycles. The van der Waals surface area contributed by atoms with Crippen LogP contribution in [0.2, 0.25) is 0 Å². The van der Waals surface area contributed by atoms with Crippen LogP contribution >= 0.6 is 0 Å². The molecule has 0 bridgehead atoms. The number of aryl methyl sites for hydroxylation is 2. The van der Waals surface area contributed by atoms with Crippen molar-refractivity contribution >= 4 is 32.3 Å². The van der Waals surface area contributed by atoms with Gasteiger partial charge < -0.3 is 5.73 Å². The molecule has 1 aromatic carbocycles. The van der Waals surface area contributed by atoms with Gasteiger partial charge in [0.2, 0.25) is 21.3 Å². The Labute approximate surface area is 168 Å². The van der Waals surface area contributed by atoms with Crippen molar-refractivity contribution in [2.75, 3.05) is 5.73 Å². The number of rotatable bonds is 4. The fourth-order valence-corrected chi connectivity index (χ4v) is 4.90. The number of aromatic nitrogens is 3. The fourth-order valence-electron chi connectivity index (χ4n) is 3.48. The number of hydrogen-bond acceptors (Lipinski definition) is 5. The standard InChI is InChI=1S/C21H20N4O3S/c1-3-11-24-18(22)17(29(27,28)15-9-5-4-6-10-15)13-16-20(24)23-19-14(2)8-7-12-25(19)21(16)26/h4-10,12-13,22H,3,11H2,1-2H3/p+1. The number of pyridine rings is 2. The van der Waals surface area contributed by atoms with Crippen LogP contribution in [0.5, 0.6) is 0 Å². The van der Waals surface area contributed by atoms with Crippen LogP contribution in [0.4, 0.5) is 5.82 Å². The lowest BCUT2D eigenvalue weighted by molar-refractivity contribution is -0.660. The molecule has 2 N–H and O–H groups in total. The first kappa shape index (κ1) is 19.1. The van der Waals surface area contributed by atoms with E-state index in [0.29, 0.717) is 24.3 Å². The SMILES string of the molecule is CCC[n+]1c(N)c(S(=O)(=O)c2ccccc2)cc2c(=O)n3cccc(C)c3nc21. The molecule has 4 rings (SSSR count). The molecule has 8 heteroatoms. The lowest BCUT2D eigenvalue weighted by Crippen LogP contribution is -2.41. The molecule has 7 nitrogen and oxygen atoms in total. The van der Waals surface area contributed by atoms with E-state index in [0.717, 1.165) is 5.56 Å². The highest BCUT2D eigenvalue weighted by Crippen LogP contribution is 2.26. The van der Waals surface area contributed by atoms with Gasteiger partial charge in [-0.05, 0) is 37.6 Å². The van der Waals surface area contributed by atoms with Gasteiger partial charge in [-0.1, -0.05) is 36.2 Å². The van der Waals surface area contributed by atoms with Gasteiger partial charge in [0, 0.05) is 11.8 Å². The second-order valence-corrected chi connectivity index (χ2v) is 8.82. The molecule has 148 valence electrons. The molecular formula is C21H21N4O3S+. The van der Waals surface area contributed by atoms with Gasteiger partial charge in [-0.25, -0.2) is 13.0 Å². The molecule has 0 atom stereocenters. The fraction of sp³-hybridized carbons (Fsp3) is 0.190. The zero-order valence-electron chi connectivity index (χ0n) is 16.2. The van der Waals surface area contributed by atoms with Crippen molar-refractivity contribution in [2.45, 2.75) is 36.6 Å². The van der Waals surface area contributed by atoms with Crippen LogP contribution in [0.15, 0.2) is 69.3 Å². The first-order chi connectivity index (χ1) is 13.9. The first-order valence-corrected chi connectivity index (χ1v) is 10.8. The Kier molecular flexibility index (Phi) is 4.58. The van der Waals surface area contributed by atoms with Crippen molar-refractivity contribution in [3.8, 4) is 0 Å². The molecule has 0 radical (unpaired) electrons. The summed E-state index contributed by atoms with van der Waals surface area (Å²) >= 11 is 0. The van der Waals surface area contributed by atoms with Gasteiger partial charge in [0.05, 0.1) is 11.4 Å². The molecule has 0 aliphatic heterocycles. The number of anilines is 1. The highest BCUT2D eigenvalue weighted by Gasteiger charge is 2.29. The molecule has 3 aromatic heterocycles. The van der Waals surface area contributed by atoms with Crippen LogP contribution in [0.25, 0.3) is 16.7 Å². The Bertz CT molecular complexity index is 1410. The smallest absolute Gasteiger partial charge is 0.278 e. The van der Waals surface area contributed by atoms with E-state index in [1.165, 1.54) is 22.6 Å². The largest absolute Gasteiger partial charge is 0.317 e. The second-order valence-electron chi connectivity index (χ2n) is 6.90. The third-order valence-corrected chi connectivity index (χ3v) is 6.73. The van der Waals surface area contributed by atoms with Crippen LogP contribution in [-0.2, 0) is 16.4 Å². The Hall–Kier alpha value is -3.26. The Morgan fingerprint density at radius 1 is 1.14 bits per heavy atom. The van der Waals surface area contributed by atoms with Crippen molar-refractivity contribution in [3.05, 3.63) is 70.6 Å². The molecule has 0 spiro atoms. The number of nitrogen functional groups attached to an aromatic ring is 1. The molecule has 4 aromatic rings. The predicted molar refractivity (Wildman–Crippen MR) is 110 cm³/mol. The van der Waals surface area contributed by atoms with Crippen LogP contribution in [0, 0.1) is 6.92 Å². The summed E-state index contributed by atoms with van der Waals surface area (Å²) in [6, 6.07) is 13.0. The van der Waals surface area contributed by atoms with Crippen LogP contribution < -0.4 is 15.9 Å². The zero-order valence-corrected chi connectivity index (χ0v) is 17.0. The summed E-state index contributed by atoms with van der Waals surface area (Å²) in [6.45, 7) is 4.26. The van der Waals surface area contributed by atoms with E-state index in [9.17, 15) is 13.2 Å². The molecule has 0 saturated heterocycles. The van der Waals surface area contributed by atoms with Gasteiger partial charge in [0.25, 0.3) is 11.2 Å². The highest BCUT2D eigenvalue weighted by molar-refractivity contribution is 7.91. The van der Waals surface area contributed by atoms with Crippen molar-refractivity contribution in [1.82, 2.24) is 9.38 Å². The van der Waals surface area contributed by atoms with Crippen LogP contribution in [0.3, 0.4) is 0 Å². The maximum Gasteiger partial charge on any atom is 0.278 e. The lowest BCUT2D eigenvalue weighted by Gasteiger charge is -2.12. The maximum atomic E-state index is 13.3. The number of nitrogens with two attached hydrogens (primary N) is 1. The minimum absolute atomic E-state index is 0.0769. The summed E-state index contributed by atoms with van der Waals surface area (Å²) in [4.78, 5) is 17.9. The number of fused-ring (bicyclic) bond motifs is 2. The van der Waals surface area contributed by atoms with E-state index in [1.807, 2.05) is 19.9 Å². The number of benzene rings is 1. The summed E-state index contributed by atoms with van der Waals surface area (Å²) in [5, 5.41) is 0.213. The summed E-state index contributed by atoms with van der Waals surface area (Å²) in [5.41, 5.74) is 7.74.